The normalized spacial score (nSPS) is 16.6. The Kier molecular flexibility index (Phi) is 5.87. The van der Waals surface area contributed by atoms with Crippen LogP contribution in [0, 0.1) is 5.82 Å². The number of carbonyl (C=O) groups excluding carboxylic acids is 1. The van der Waals surface area contributed by atoms with Crippen molar-refractivity contribution in [2.24, 2.45) is 4.99 Å². The van der Waals surface area contributed by atoms with Gasteiger partial charge in [0, 0.05) is 5.56 Å². The van der Waals surface area contributed by atoms with Gasteiger partial charge in [-0.05, 0) is 36.0 Å². The second-order valence-corrected chi connectivity index (χ2v) is 6.49. The number of rotatable bonds is 6. The van der Waals surface area contributed by atoms with Crippen LogP contribution in [0.3, 0.4) is 0 Å². The number of para-hydroxylation sites is 2. The first-order valence-corrected chi connectivity index (χ1v) is 8.82. The molecule has 0 aliphatic carbocycles. The van der Waals surface area contributed by atoms with Crippen molar-refractivity contribution >= 4 is 40.6 Å². The number of benzene rings is 2. The van der Waals surface area contributed by atoms with Gasteiger partial charge in [0.1, 0.15) is 17.3 Å². The highest BCUT2D eigenvalue weighted by atomic mass is 32.2. The lowest BCUT2D eigenvalue weighted by molar-refractivity contribution is -0.137. The Labute approximate surface area is 158 Å². The number of amidine groups is 1. The van der Waals surface area contributed by atoms with Crippen LogP contribution in [-0.4, -0.2) is 28.8 Å². The topological polar surface area (TPSA) is 88.0 Å². The standard InChI is InChI=1S/C19H15FN2O4S/c20-13-6-2-3-7-14(13)21-19-22-18(25)16(27-19)11-12-5-1-4-8-15(12)26-10-9-17(23)24/h1-8,11H,9-10H2,(H,23,24)(H,21,22,25)/b16-11+. The first kappa shape index (κ1) is 18.7. The third-order valence-corrected chi connectivity index (χ3v) is 4.41. The highest BCUT2D eigenvalue weighted by Crippen LogP contribution is 2.31. The zero-order valence-corrected chi connectivity index (χ0v) is 14.8. The van der Waals surface area contributed by atoms with Crippen molar-refractivity contribution in [1.82, 2.24) is 5.32 Å². The molecule has 1 saturated heterocycles. The first-order valence-electron chi connectivity index (χ1n) is 8.00. The largest absolute Gasteiger partial charge is 0.492 e. The van der Waals surface area contributed by atoms with Crippen LogP contribution in [0.2, 0.25) is 0 Å². The molecule has 2 N–H and O–H groups in total. The maximum Gasteiger partial charge on any atom is 0.306 e. The van der Waals surface area contributed by atoms with E-state index in [0.29, 0.717) is 16.2 Å². The molecule has 2 aromatic carbocycles. The number of halogens is 1. The van der Waals surface area contributed by atoms with Gasteiger partial charge in [0.2, 0.25) is 0 Å². The van der Waals surface area contributed by atoms with E-state index in [4.69, 9.17) is 9.84 Å². The van der Waals surface area contributed by atoms with Gasteiger partial charge in [-0.3, -0.25) is 9.59 Å². The minimum absolute atomic E-state index is 0.0227. The summed E-state index contributed by atoms with van der Waals surface area (Å²) in [5, 5.41) is 11.6. The molecular weight excluding hydrogens is 371 g/mol. The molecular formula is C19H15FN2O4S. The number of nitrogens with one attached hydrogen (secondary N) is 1. The number of carboxylic acid groups (broad SMARTS) is 1. The molecule has 0 saturated carbocycles. The summed E-state index contributed by atoms with van der Waals surface area (Å²) >= 11 is 1.09. The average Bonchev–Trinajstić information content (AvgIpc) is 2.97. The van der Waals surface area contributed by atoms with Crippen LogP contribution >= 0.6 is 11.8 Å². The molecule has 0 radical (unpaired) electrons. The van der Waals surface area contributed by atoms with E-state index >= 15 is 0 Å². The maximum absolute atomic E-state index is 13.7. The Morgan fingerprint density at radius 1 is 1.22 bits per heavy atom. The molecule has 2 aromatic rings. The van der Waals surface area contributed by atoms with Gasteiger partial charge in [0.15, 0.2) is 5.17 Å². The molecule has 1 aliphatic heterocycles. The molecule has 6 nitrogen and oxygen atoms in total. The van der Waals surface area contributed by atoms with Gasteiger partial charge in [-0.1, -0.05) is 30.3 Å². The van der Waals surface area contributed by atoms with Crippen molar-refractivity contribution < 1.29 is 23.8 Å². The molecule has 0 unspecified atom stereocenters. The van der Waals surface area contributed by atoms with E-state index in [0.717, 1.165) is 11.8 Å². The van der Waals surface area contributed by atoms with Crippen LogP contribution in [0.4, 0.5) is 10.1 Å². The third-order valence-electron chi connectivity index (χ3n) is 3.50. The van der Waals surface area contributed by atoms with Crippen LogP contribution in [-0.2, 0) is 9.59 Å². The molecule has 0 aromatic heterocycles. The zero-order chi connectivity index (χ0) is 19.2. The van der Waals surface area contributed by atoms with Gasteiger partial charge >= 0.3 is 5.97 Å². The highest BCUT2D eigenvalue weighted by molar-refractivity contribution is 8.18. The van der Waals surface area contributed by atoms with Crippen molar-refractivity contribution in [3.63, 3.8) is 0 Å². The van der Waals surface area contributed by atoms with E-state index in [1.54, 1.807) is 42.5 Å². The van der Waals surface area contributed by atoms with E-state index in [1.807, 2.05) is 0 Å². The van der Waals surface area contributed by atoms with Crippen molar-refractivity contribution in [3.8, 4) is 5.75 Å². The Morgan fingerprint density at radius 3 is 2.74 bits per heavy atom. The second kappa shape index (κ2) is 8.50. The minimum atomic E-state index is -0.953. The molecule has 0 atom stereocenters. The summed E-state index contributed by atoms with van der Waals surface area (Å²) in [6.07, 6.45) is 1.50. The SMILES string of the molecule is O=C(O)CCOc1ccccc1/C=C1/SC(=Nc2ccccc2F)NC1=O. The smallest absolute Gasteiger partial charge is 0.306 e. The lowest BCUT2D eigenvalue weighted by Gasteiger charge is -2.08. The van der Waals surface area contributed by atoms with Gasteiger partial charge in [0.25, 0.3) is 5.91 Å². The fourth-order valence-electron chi connectivity index (χ4n) is 2.25. The van der Waals surface area contributed by atoms with Gasteiger partial charge in [-0.2, -0.15) is 0 Å². The number of carboxylic acids is 1. The number of aliphatic imine (C=N–C) groups is 1. The molecule has 138 valence electrons. The molecule has 1 aliphatic rings. The van der Waals surface area contributed by atoms with Gasteiger partial charge in [0.05, 0.1) is 17.9 Å². The highest BCUT2D eigenvalue weighted by Gasteiger charge is 2.24. The lowest BCUT2D eigenvalue weighted by Crippen LogP contribution is -2.19. The van der Waals surface area contributed by atoms with E-state index in [1.165, 1.54) is 12.1 Å². The molecule has 1 heterocycles. The third kappa shape index (κ3) is 4.95. The van der Waals surface area contributed by atoms with Gasteiger partial charge in [-0.25, -0.2) is 9.38 Å². The van der Waals surface area contributed by atoms with Crippen molar-refractivity contribution in [3.05, 3.63) is 64.8 Å². The average molecular weight is 386 g/mol. The maximum atomic E-state index is 13.7. The summed E-state index contributed by atoms with van der Waals surface area (Å²) in [5.41, 5.74) is 0.770. The molecule has 8 heteroatoms. The number of ether oxygens (including phenoxy) is 1. The summed E-state index contributed by atoms with van der Waals surface area (Å²) in [7, 11) is 0. The summed E-state index contributed by atoms with van der Waals surface area (Å²) in [6, 6.07) is 13.0. The molecule has 1 fully saturated rings. The van der Waals surface area contributed by atoms with Crippen molar-refractivity contribution in [2.45, 2.75) is 6.42 Å². The van der Waals surface area contributed by atoms with Crippen LogP contribution in [0.25, 0.3) is 6.08 Å². The van der Waals surface area contributed by atoms with E-state index < -0.39 is 11.8 Å². The fraction of sp³-hybridized carbons (Fsp3) is 0.105. The first-order chi connectivity index (χ1) is 13.0. The fourth-order valence-corrected chi connectivity index (χ4v) is 3.08. The predicted molar refractivity (Wildman–Crippen MR) is 101 cm³/mol. The van der Waals surface area contributed by atoms with Crippen LogP contribution in [0.1, 0.15) is 12.0 Å². The van der Waals surface area contributed by atoms with E-state index in [2.05, 4.69) is 10.3 Å². The summed E-state index contributed by atoms with van der Waals surface area (Å²) in [6.45, 7) is 0.0227. The summed E-state index contributed by atoms with van der Waals surface area (Å²) in [4.78, 5) is 27.3. The molecule has 0 bridgehead atoms. The van der Waals surface area contributed by atoms with Gasteiger partial charge in [-0.15, -0.1) is 0 Å². The Balaban J connectivity index is 1.79. The molecule has 1 amide bonds. The summed E-state index contributed by atoms with van der Waals surface area (Å²) < 4.78 is 19.2. The van der Waals surface area contributed by atoms with Gasteiger partial charge < -0.3 is 15.2 Å². The second-order valence-electron chi connectivity index (χ2n) is 5.46. The molecule has 3 rings (SSSR count). The number of hydrogen-bond acceptors (Lipinski definition) is 5. The number of nitrogens with zero attached hydrogens (tertiary/aromatic N) is 1. The Hall–Kier alpha value is -3.13. The van der Waals surface area contributed by atoms with Crippen LogP contribution in [0.5, 0.6) is 5.75 Å². The van der Waals surface area contributed by atoms with Crippen LogP contribution < -0.4 is 10.1 Å². The number of thioether (sulfide) groups is 1. The Morgan fingerprint density at radius 2 is 1.96 bits per heavy atom. The number of amides is 1. The summed E-state index contributed by atoms with van der Waals surface area (Å²) in [5.74, 6) is -1.31. The Bertz CT molecular complexity index is 943. The zero-order valence-electron chi connectivity index (χ0n) is 14.0. The lowest BCUT2D eigenvalue weighted by atomic mass is 10.2. The quantitative estimate of drug-likeness (QED) is 0.741. The van der Waals surface area contributed by atoms with Crippen molar-refractivity contribution in [2.75, 3.05) is 6.61 Å². The minimum Gasteiger partial charge on any atom is -0.492 e. The number of hydrogen-bond donors (Lipinski definition) is 2. The van der Waals surface area contributed by atoms with Crippen LogP contribution in [0.15, 0.2) is 58.4 Å². The number of carbonyl (C=O) groups is 2. The van der Waals surface area contributed by atoms with Crippen molar-refractivity contribution in [1.29, 1.82) is 0 Å². The number of aliphatic carboxylic acids is 1. The monoisotopic (exact) mass is 386 g/mol. The molecule has 0 spiro atoms. The van der Waals surface area contributed by atoms with E-state index in [9.17, 15) is 14.0 Å². The molecule has 27 heavy (non-hydrogen) atoms. The predicted octanol–water partition coefficient (Wildman–Crippen LogP) is 3.57. The van der Waals surface area contributed by atoms with E-state index in [-0.39, 0.29) is 29.8 Å².